The Balaban J connectivity index is 1.87. The van der Waals surface area contributed by atoms with Crippen LogP contribution in [0.3, 0.4) is 0 Å². The average Bonchev–Trinajstić information content (AvgIpc) is 3.04. The topological polar surface area (TPSA) is 80.0 Å². The summed E-state index contributed by atoms with van der Waals surface area (Å²) in [7, 11) is 1.82. The summed E-state index contributed by atoms with van der Waals surface area (Å²) < 4.78 is 4.94. The van der Waals surface area contributed by atoms with Crippen molar-refractivity contribution in [1.29, 1.82) is 0 Å². The number of benzene rings is 1. The summed E-state index contributed by atoms with van der Waals surface area (Å²) >= 11 is 0. The van der Waals surface area contributed by atoms with E-state index in [-0.39, 0.29) is 12.5 Å². The third kappa shape index (κ3) is 2.69. The van der Waals surface area contributed by atoms with Crippen LogP contribution in [0.5, 0.6) is 0 Å². The fourth-order valence-corrected chi connectivity index (χ4v) is 2.09. The molecular formula is C15H14N4O2. The first-order chi connectivity index (χ1) is 10.3. The largest absolute Gasteiger partial charge is 0.388 e. The second kappa shape index (κ2) is 5.62. The van der Waals surface area contributed by atoms with Crippen LogP contribution in [0.4, 0.5) is 5.69 Å². The Labute approximate surface area is 121 Å². The summed E-state index contributed by atoms with van der Waals surface area (Å²) in [5, 5.41) is 10.4. The molecule has 1 aromatic carbocycles. The molecule has 0 aliphatic heterocycles. The molecule has 0 atom stereocenters. The van der Waals surface area contributed by atoms with E-state index >= 15 is 0 Å². The van der Waals surface area contributed by atoms with Gasteiger partial charge >= 0.3 is 0 Å². The Morgan fingerprint density at radius 2 is 2.14 bits per heavy atom. The highest BCUT2D eigenvalue weighted by Crippen LogP contribution is 2.22. The molecule has 0 unspecified atom stereocenters. The van der Waals surface area contributed by atoms with Crippen LogP contribution in [-0.4, -0.2) is 23.1 Å². The van der Waals surface area contributed by atoms with Gasteiger partial charge in [0, 0.05) is 24.2 Å². The van der Waals surface area contributed by atoms with Crippen molar-refractivity contribution in [3.05, 3.63) is 54.0 Å². The number of hydrogen-bond acceptors (Lipinski definition) is 5. The van der Waals surface area contributed by atoms with Crippen molar-refractivity contribution in [2.24, 2.45) is 0 Å². The van der Waals surface area contributed by atoms with E-state index in [1.165, 1.54) is 6.20 Å². The molecule has 0 aliphatic rings. The van der Waals surface area contributed by atoms with Gasteiger partial charge in [0.1, 0.15) is 5.69 Å². The van der Waals surface area contributed by atoms with Crippen molar-refractivity contribution in [2.75, 3.05) is 12.4 Å². The zero-order chi connectivity index (χ0) is 14.7. The molecule has 0 fully saturated rings. The average molecular weight is 282 g/mol. The minimum Gasteiger partial charge on any atom is -0.388 e. The molecule has 21 heavy (non-hydrogen) atoms. The number of amides is 1. The van der Waals surface area contributed by atoms with Crippen molar-refractivity contribution in [1.82, 2.24) is 15.5 Å². The Kier molecular flexibility index (Phi) is 3.51. The molecular weight excluding hydrogens is 268 g/mol. The molecule has 2 N–H and O–H groups in total. The van der Waals surface area contributed by atoms with Crippen molar-refractivity contribution < 1.29 is 9.32 Å². The Morgan fingerprint density at radius 3 is 2.90 bits per heavy atom. The van der Waals surface area contributed by atoms with Gasteiger partial charge in [-0.2, -0.15) is 0 Å². The highest BCUT2D eigenvalue weighted by atomic mass is 16.5. The number of nitrogens with one attached hydrogen (secondary N) is 2. The van der Waals surface area contributed by atoms with Gasteiger partial charge in [0.2, 0.25) is 0 Å². The zero-order valence-corrected chi connectivity index (χ0v) is 11.5. The molecule has 3 rings (SSSR count). The van der Waals surface area contributed by atoms with E-state index in [0.717, 1.165) is 16.6 Å². The molecule has 2 heterocycles. The number of aromatic nitrogens is 2. The van der Waals surface area contributed by atoms with Crippen LogP contribution in [0.25, 0.3) is 10.9 Å². The Hall–Kier alpha value is -2.89. The summed E-state index contributed by atoms with van der Waals surface area (Å²) in [5.41, 5.74) is 2.00. The van der Waals surface area contributed by atoms with E-state index in [4.69, 9.17) is 4.52 Å². The lowest BCUT2D eigenvalue weighted by Crippen LogP contribution is -2.23. The maximum atomic E-state index is 12.2. The summed E-state index contributed by atoms with van der Waals surface area (Å²) in [6, 6.07) is 11.1. The van der Waals surface area contributed by atoms with E-state index in [1.807, 2.05) is 31.3 Å². The van der Waals surface area contributed by atoms with E-state index in [0.29, 0.717) is 11.5 Å². The van der Waals surface area contributed by atoms with Crippen LogP contribution < -0.4 is 10.6 Å². The van der Waals surface area contributed by atoms with Crippen LogP contribution in [0.2, 0.25) is 0 Å². The van der Waals surface area contributed by atoms with E-state index in [1.54, 1.807) is 12.1 Å². The van der Waals surface area contributed by atoms with Gasteiger partial charge in [-0.3, -0.25) is 4.79 Å². The normalized spacial score (nSPS) is 10.5. The highest BCUT2D eigenvalue weighted by Gasteiger charge is 2.11. The number of para-hydroxylation sites is 1. The zero-order valence-electron chi connectivity index (χ0n) is 11.5. The molecule has 1 amide bonds. The Bertz CT molecular complexity index is 768. The van der Waals surface area contributed by atoms with Gasteiger partial charge < -0.3 is 15.2 Å². The third-order valence-electron chi connectivity index (χ3n) is 3.13. The minimum atomic E-state index is -0.256. The van der Waals surface area contributed by atoms with Crippen LogP contribution >= 0.6 is 0 Å². The number of hydrogen-bond donors (Lipinski definition) is 2. The lowest BCUT2D eigenvalue weighted by Gasteiger charge is -2.09. The first kappa shape index (κ1) is 13.1. The van der Waals surface area contributed by atoms with Gasteiger partial charge in [-0.25, -0.2) is 4.98 Å². The maximum absolute atomic E-state index is 12.2. The number of carbonyl (C=O) groups is 1. The van der Waals surface area contributed by atoms with E-state index < -0.39 is 0 Å². The standard InChI is InChI=1S/C15H14N4O2/c1-16-13-8-14(19-12-5-3-2-4-11(12)13)15(20)17-9-10-6-7-18-21-10/h2-8H,9H2,1H3,(H,16,19)(H,17,20). The van der Waals surface area contributed by atoms with Crippen molar-refractivity contribution in [2.45, 2.75) is 6.54 Å². The summed E-state index contributed by atoms with van der Waals surface area (Å²) in [4.78, 5) is 16.6. The number of pyridine rings is 1. The van der Waals surface area contributed by atoms with Gasteiger partial charge in [0.25, 0.3) is 5.91 Å². The molecule has 6 heteroatoms. The first-order valence-electron chi connectivity index (χ1n) is 6.53. The van der Waals surface area contributed by atoms with Crippen molar-refractivity contribution >= 4 is 22.5 Å². The molecule has 0 radical (unpaired) electrons. The van der Waals surface area contributed by atoms with E-state index in [9.17, 15) is 4.79 Å². The van der Waals surface area contributed by atoms with Gasteiger partial charge in [-0.1, -0.05) is 23.4 Å². The molecule has 106 valence electrons. The number of anilines is 1. The lowest BCUT2D eigenvalue weighted by molar-refractivity contribution is 0.0942. The second-order valence-corrected chi connectivity index (χ2v) is 4.48. The van der Waals surface area contributed by atoms with Gasteiger partial charge in [0.15, 0.2) is 5.76 Å². The van der Waals surface area contributed by atoms with Gasteiger partial charge in [-0.05, 0) is 12.1 Å². The molecule has 3 aromatic rings. The van der Waals surface area contributed by atoms with E-state index in [2.05, 4.69) is 20.8 Å². The van der Waals surface area contributed by atoms with Crippen LogP contribution in [0.15, 0.2) is 47.1 Å². The first-order valence-corrected chi connectivity index (χ1v) is 6.53. The highest BCUT2D eigenvalue weighted by molar-refractivity contribution is 5.99. The number of rotatable bonds is 4. The van der Waals surface area contributed by atoms with Crippen molar-refractivity contribution in [3.8, 4) is 0 Å². The molecule has 0 aliphatic carbocycles. The molecule has 0 spiro atoms. The third-order valence-corrected chi connectivity index (χ3v) is 3.13. The smallest absolute Gasteiger partial charge is 0.270 e. The molecule has 2 aromatic heterocycles. The molecule has 0 bridgehead atoms. The van der Waals surface area contributed by atoms with Crippen molar-refractivity contribution in [3.63, 3.8) is 0 Å². The van der Waals surface area contributed by atoms with Crippen LogP contribution in [0, 0.1) is 0 Å². The fraction of sp³-hybridized carbons (Fsp3) is 0.133. The van der Waals surface area contributed by atoms with Gasteiger partial charge in [-0.15, -0.1) is 0 Å². The summed E-state index contributed by atoms with van der Waals surface area (Å²) in [6.07, 6.45) is 1.54. The summed E-state index contributed by atoms with van der Waals surface area (Å²) in [5.74, 6) is 0.339. The Morgan fingerprint density at radius 1 is 1.29 bits per heavy atom. The monoisotopic (exact) mass is 282 g/mol. The quantitative estimate of drug-likeness (QED) is 0.766. The molecule has 0 saturated carbocycles. The minimum absolute atomic E-state index is 0.256. The number of fused-ring (bicyclic) bond motifs is 1. The second-order valence-electron chi connectivity index (χ2n) is 4.48. The predicted octanol–water partition coefficient (Wildman–Crippen LogP) is 2.19. The fourth-order valence-electron chi connectivity index (χ4n) is 2.09. The maximum Gasteiger partial charge on any atom is 0.270 e. The SMILES string of the molecule is CNc1cc(C(=O)NCc2ccno2)nc2ccccc12. The predicted molar refractivity (Wildman–Crippen MR) is 79.0 cm³/mol. The lowest BCUT2D eigenvalue weighted by atomic mass is 10.1. The molecule has 6 nitrogen and oxygen atoms in total. The molecule has 0 saturated heterocycles. The number of nitrogens with zero attached hydrogens (tertiary/aromatic N) is 2. The summed E-state index contributed by atoms with van der Waals surface area (Å²) in [6.45, 7) is 0.280. The number of carbonyl (C=O) groups excluding carboxylic acids is 1. The van der Waals surface area contributed by atoms with Crippen LogP contribution in [0.1, 0.15) is 16.2 Å². The van der Waals surface area contributed by atoms with Crippen LogP contribution in [-0.2, 0) is 6.54 Å². The van der Waals surface area contributed by atoms with Gasteiger partial charge in [0.05, 0.1) is 18.3 Å².